The van der Waals surface area contributed by atoms with Gasteiger partial charge in [0.2, 0.25) is 0 Å². The highest BCUT2D eigenvalue weighted by atomic mass is 16.4. The molecule has 6 nitrogen and oxygen atoms in total. The van der Waals surface area contributed by atoms with E-state index in [1.54, 1.807) is 0 Å². The van der Waals surface area contributed by atoms with E-state index in [1.165, 1.54) is 19.3 Å². The van der Waals surface area contributed by atoms with Crippen LogP contribution in [-0.2, 0) is 4.79 Å². The van der Waals surface area contributed by atoms with Crippen LogP contribution in [0.1, 0.15) is 39.5 Å². The predicted molar refractivity (Wildman–Crippen MR) is 77.7 cm³/mol. The van der Waals surface area contributed by atoms with Crippen LogP contribution in [0, 0.1) is 5.92 Å². The van der Waals surface area contributed by atoms with Crippen LogP contribution in [0.5, 0.6) is 0 Å². The van der Waals surface area contributed by atoms with Crippen LogP contribution in [0.25, 0.3) is 0 Å². The second-order valence-electron chi connectivity index (χ2n) is 5.50. The number of carbonyl (C=O) groups excluding carboxylic acids is 1. The third-order valence-electron chi connectivity index (χ3n) is 3.93. The number of piperidine rings is 1. The molecule has 1 fully saturated rings. The zero-order valence-corrected chi connectivity index (χ0v) is 12.5. The fraction of sp³-hybridized carbons (Fsp3) is 0.857. The number of nitrogens with one attached hydrogen (secondary N) is 2. The number of carboxylic acid groups (broad SMARTS) is 1. The van der Waals surface area contributed by atoms with E-state index >= 15 is 0 Å². The van der Waals surface area contributed by atoms with Gasteiger partial charge in [-0.25, -0.2) is 9.59 Å². The third kappa shape index (κ3) is 5.77. The van der Waals surface area contributed by atoms with E-state index in [2.05, 4.69) is 15.5 Å². The lowest BCUT2D eigenvalue weighted by Gasteiger charge is -2.26. The van der Waals surface area contributed by atoms with Crippen LogP contribution in [0.3, 0.4) is 0 Å². The van der Waals surface area contributed by atoms with E-state index in [0.29, 0.717) is 13.0 Å². The van der Waals surface area contributed by atoms with Gasteiger partial charge >= 0.3 is 12.0 Å². The number of nitrogens with zero attached hydrogens (tertiary/aromatic N) is 1. The maximum atomic E-state index is 11.7. The molecule has 1 rings (SSSR count). The van der Waals surface area contributed by atoms with Crippen LogP contribution in [-0.4, -0.2) is 54.2 Å². The summed E-state index contributed by atoms with van der Waals surface area (Å²) in [4.78, 5) is 25.1. The molecule has 20 heavy (non-hydrogen) atoms. The summed E-state index contributed by atoms with van der Waals surface area (Å²) in [6.45, 7) is 7.30. The Morgan fingerprint density at radius 3 is 2.45 bits per heavy atom. The summed E-state index contributed by atoms with van der Waals surface area (Å²) < 4.78 is 0. The van der Waals surface area contributed by atoms with Gasteiger partial charge in [-0.15, -0.1) is 0 Å². The molecule has 1 heterocycles. The maximum absolute atomic E-state index is 11.7. The minimum atomic E-state index is -0.981. The molecule has 0 saturated carbocycles. The van der Waals surface area contributed by atoms with Gasteiger partial charge in [0.1, 0.15) is 6.04 Å². The Morgan fingerprint density at radius 2 is 1.90 bits per heavy atom. The van der Waals surface area contributed by atoms with Gasteiger partial charge in [0.05, 0.1) is 0 Å². The van der Waals surface area contributed by atoms with Gasteiger partial charge in [-0.3, -0.25) is 0 Å². The van der Waals surface area contributed by atoms with Crippen LogP contribution >= 0.6 is 0 Å². The van der Waals surface area contributed by atoms with Crippen molar-refractivity contribution in [2.45, 2.75) is 45.6 Å². The maximum Gasteiger partial charge on any atom is 0.326 e. The number of likely N-dealkylation sites (tertiary alicyclic amines) is 1. The Hall–Kier alpha value is -1.30. The van der Waals surface area contributed by atoms with Crippen molar-refractivity contribution in [3.05, 3.63) is 0 Å². The summed E-state index contributed by atoms with van der Waals surface area (Å²) >= 11 is 0. The molecule has 0 bridgehead atoms. The summed E-state index contributed by atoms with van der Waals surface area (Å²) in [7, 11) is 0. The molecule has 0 aromatic heterocycles. The highest BCUT2D eigenvalue weighted by Gasteiger charge is 2.25. The number of hydrogen-bond acceptors (Lipinski definition) is 3. The summed E-state index contributed by atoms with van der Waals surface area (Å²) in [5.41, 5.74) is 0. The molecule has 0 aromatic rings. The van der Waals surface area contributed by atoms with Gasteiger partial charge < -0.3 is 20.6 Å². The Morgan fingerprint density at radius 1 is 1.25 bits per heavy atom. The van der Waals surface area contributed by atoms with Crippen molar-refractivity contribution >= 4 is 12.0 Å². The van der Waals surface area contributed by atoms with Crippen LogP contribution in [0.2, 0.25) is 0 Å². The summed E-state index contributed by atoms with van der Waals surface area (Å²) in [6.07, 6.45) is 4.45. The van der Waals surface area contributed by atoms with Crippen molar-refractivity contribution in [1.29, 1.82) is 0 Å². The Bertz CT molecular complexity index is 317. The third-order valence-corrected chi connectivity index (χ3v) is 3.93. The van der Waals surface area contributed by atoms with Gasteiger partial charge in [0, 0.05) is 13.1 Å². The minimum Gasteiger partial charge on any atom is -0.480 e. The SMILES string of the molecule is CCC(C)[C@H](NC(=O)NCCN1CCCCC1)C(=O)O. The number of aliphatic carboxylic acids is 1. The van der Waals surface area contributed by atoms with Crippen molar-refractivity contribution in [2.24, 2.45) is 5.92 Å². The van der Waals surface area contributed by atoms with Gasteiger partial charge in [-0.05, 0) is 31.8 Å². The predicted octanol–water partition coefficient (Wildman–Crippen LogP) is 1.27. The molecule has 1 aliphatic heterocycles. The molecule has 0 spiro atoms. The van der Waals surface area contributed by atoms with E-state index < -0.39 is 18.0 Å². The Kier molecular flexibility index (Phi) is 7.36. The van der Waals surface area contributed by atoms with Crippen molar-refractivity contribution < 1.29 is 14.7 Å². The topological polar surface area (TPSA) is 81.7 Å². The Labute approximate surface area is 120 Å². The number of hydrogen-bond donors (Lipinski definition) is 3. The molecule has 116 valence electrons. The summed E-state index contributed by atoms with van der Waals surface area (Å²) in [6, 6.07) is -1.22. The smallest absolute Gasteiger partial charge is 0.326 e. The van der Waals surface area contributed by atoms with Gasteiger partial charge in [0.25, 0.3) is 0 Å². The number of amides is 2. The normalized spacial score (nSPS) is 19.1. The first-order valence-electron chi connectivity index (χ1n) is 7.54. The van der Waals surface area contributed by atoms with Crippen molar-refractivity contribution in [3.63, 3.8) is 0 Å². The van der Waals surface area contributed by atoms with Crippen LogP contribution in [0.15, 0.2) is 0 Å². The van der Waals surface area contributed by atoms with Crippen molar-refractivity contribution in [2.75, 3.05) is 26.2 Å². The molecule has 0 aliphatic carbocycles. The lowest BCUT2D eigenvalue weighted by atomic mass is 9.99. The standard InChI is InChI=1S/C14H27N3O3/c1-3-11(2)12(13(18)19)16-14(20)15-7-10-17-8-5-4-6-9-17/h11-12H,3-10H2,1-2H3,(H,18,19)(H2,15,16,20)/t11?,12-/m0/s1. The van der Waals surface area contributed by atoms with E-state index in [4.69, 9.17) is 5.11 Å². The first kappa shape index (κ1) is 16.8. The van der Waals surface area contributed by atoms with Gasteiger partial charge in [-0.1, -0.05) is 26.7 Å². The number of urea groups is 1. The number of carboxylic acids is 1. The average molecular weight is 285 g/mol. The first-order chi connectivity index (χ1) is 9.54. The number of carbonyl (C=O) groups is 2. The lowest BCUT2D eigenvalue weighted by molar-refractivity contribution is -0.140. The second-order valence-corrected chi connectivity index (χ2v) is 5.50. The molecule has 2 atom stereocenters. The largest absolute Gasteiger partial charge is 0.480 e. The van der Waals surface area contributed by atoms with E-state index in [1.807, 2.05) is 13.8 Å². The van der Waals surface area contributed by atoms with E-state index in [0.717, 1.165) is 19.6 Å². The van der Waals surface area contributed by atoms with Crippen molar-refractivity contribution in [1.82, 2.24) is 15.5 Å². The van der Waals surface area contributed by atoms with Crippen LogP contribution in [0.4, 0.5) is 4.79 Å². The minimum absolute atomic E-state index is 0.0830. The molecule has 1 saturated heterocycles. The first-order valence-corrected chi connectivity index (χ1v) is 7.54. The Balaban J connectivity index is 2.25. The molecule has 1 aliphatic rings. The molecule has 3 N–H and O–H groups in total. The van der Waals surface area contributed by atoms with E-state index in [9.17, 15) is 9.59 Å². The van der Waals surface area contributed by atoms with Gasteiger partial charge in [-0.2, -0.15) is 0 Å². The molecule has 2 amide bonds. The zero-order valence-electron chi connectivity index (χ0n) is 12.5. The van der Waals surface area contributed by atoms with Gasteiger partial charge in [0.15, 0.2) is 0 Å². The number of rotatable bonds is 7. The molecule has 0 radical (unpaired) electrons. The van der Waals surface area contributed by atoms with Crippen LogP contribution < -0.4 is 10.6 Å². The average Bonchev–Trinajstić information content (AvgIpc) is 2.45. The fourth-order valence-corrected chi connectivity index (χ4v) is 2.39. The molecule has 1 unspecified atom stereocenters. The summed E-state index contributed by atoms with van der Waals surface area (Å²) in [5.74, 6) is -1.06. The fourth-order valence-electron chi connectivity index (χ4n) is 2.39. The summed E-state index contributed by atoms with van der Waals surface area (Å²) in [5, 5.41) is 14.4. The molecular weight excluding hydrogens is 258 g/mol. The quantitative estimate of drug-likeness (QED) is 0.658. The molecule has 0 aromatic carbocycles. The van der Waals surface area contributed by atoms with Crippen molar-refractivity contribution in [3.8, 4) is 0 Å². The highest BCUT2D eigenvalue weighted by molar-refractivity contribution is 5.82. The lowest BCUT2D eigenvalue weighted by Crippen LogP contribution is -2.50. The monoisotopic (exact) mass is 285 g/mol. The molecule has 6 heteroatoms. The molecular formula is C14H27N3O3. The highest BCUT2D eigenvalue weighted by Crippen LogP contribution is 2.08. The second kappa shape index (κ2) is 8.79. The van der Waals surface area contributed by atoms with E-state index in [-0.39, 0.29) is 5.92 Å². The zero-order chi connectivity index (χ0) is 15.0.